The molecule has 0 aromatic heterocycles. The van der Waals surface area contributed by atoms with E-state index in [1.807, 2.05) is 18.2 Å². The summed E-state index contributed by atoms with van der Waals surface area (Å²) >= 11 is 0. The van der Waals surface area contributed by atoms with E-state index in [2.05, 4.69) is 29.6 Å². The van der Waals surface area contributed by atoms with Crippen LogP contribution in [-0.2, 0) is 11.2 Å². The van der Waals surface area contributed by atoms with Crippen molar-refractivity contribution < 1.29 is 4.79 Å². The van der Waals surface area contributed by atoms with E-state index in [4.69, 9.17) is 0 Å². The van der Waals surface area contributed by atoms with Crippen molar-refractivity contribution in [1.29, 1.82) is 0 Å². The Morgan fingerprint density at radius 3 is 2.88 bits per heavy atom. The minimum atomic E-state index is 0.0475. The molecule has 1 amide bonds. The van der Waals surface area contributed by atoms with Gasteiger partial charge in [0, 0.05) is 6.20 Å². The van der Waals surface area contributed by atoms with Crippen molar-refractivity contribution in [3.63, 3.8) is 0 Å². The van der Waals surface area contributed by atoms with Crippen LogP contribution in [0.2, 0.25) is 0 Å². The van der Waals surface area contributed by atoms with Crippen LogP contribution in [0.25, 0.3) is 16.8 Å². The minimum Gasteiger partial charge on any atom is -0.332 e. The van der Waals surface area contributed by atoms with Crippen LogP contribution >= 0.6 is 0 Å². The molecule has 2 nitrogen and oxygen atoms in total. The summed E-state index contributed by atoms with van der Waals surface area (Å²) in [5.74, 6) is 0.0475. The Morgan fingerprint density at radius 2 is 1.94 bits per heavy atom. The summed E-state index contributed by atoms with van der Waals surface area (Å²) in [6.45, 7) is 0. The first-order valence-corrected chi connectivity index (χ1v) is 5.31. The van der Waals surface area contributed by atoms with Crippen LogP contribution in [0, 0.1) is 0 Å². The normalized spacial score (nSPS) is 14.4. The molecule has 0 aliphatic carbocycles. The van der Waals surface area contributed by atoms with Crippen LogP contribution in [-0.4, -0.2) is 5.91 Å². The highest BCUT2D eigenvalue weighted by Crippen LogP contribution is 2.24. The number of benzene rings is 2. The number of hydrogen-bond donors (Lipinski definition) is 1. The molecule has 78 valence electrons. The molecule has 1 aliphatic rings. The number of rotatable bonds is 0. The smallest absolute Gasteiger partial charge is 0.228 e. The van der Waals surface area contributed by atoms with Gasteiger partial charge in [-0.1, -0.05) is 36.4 Å². The highest BCUT2D eigenvalue weighted by Gasteiger charge is 2.12. The van der Waals surface area contributed by atoms with E-state index in [0.29, 0.717) is 6.42 Å². The Labute approximate surface area is 93.6 Å². The lowest BCUT2D eigenvalue weighted by Crippen LogP contribution is -2.17. The van der Waals surface area contributed by atoms with Gasteiger partial charge < -0.3 is 5.32 Å². The third kappa shape index (κ3) is 1.39. The van der Waals surface area contributed by atoms with Gasteiger partial charge in [0.1, 0.15) is 0 Å². The van der Waals surface area contributed by atoms with Crippen LogP contribution < -0.4 is 5.32 Å². The third-order valence-electron chi connectivity index (χ3n) is 2.92. The van der Waals surface area contributed by atoms with Crippen LogP contribution in [0.3, 0.4) is 0 Å². The number of carbonyl (C=O) groups is 1. The van der Waals surface area contributed by atoms with Gasteiger partial charge in [0.25, 0.3) is 0 Å². The van der Waals surface area contributed by atoms with Crippen molar-refractivity contribution in [1.82, 2.24) is 5.32 Å². The van der Waals surface area contributed by atoms with Gasteiger partial charge >= 0.3 is 0 Å². The average Bonchev–Trinajstić information content (AvgIpc) is 2.50. The van der Waals surface area contributed by atoms with Gasteiger partial charge in [0.05, 0.1) is 6.42 Å². The van der Waals surface area contributed by atoms with E-state index in [1.165, 1.54) is 10.8 Å². The molecular formula is C14H11NO. The summed E-state index contributed by atoms with van der Waals surface area (Å²) in [4.78, 5) is 11.5. The summed E-state index contributed by atoms with van der Waals surface area (Å²) < 4.78 is 0. The molecular weight excluding hydrogens is 198 g/mol. The maximum Gasteiger partial charge on any atom is 0.228 e. The highest BCUT2D eigenvalue weighted by molar-refractivity contribution is 5.94. The van der Waals surface area contributed by atoms with Crippen LogP contribution in [0.15, 0.2) is 42.6 Å². The van der Waals surface area contributed by atoms with Gasteiger partial charge in [0.2, 0.25) is 5.91 Å². The Hall–Kier alpha value is -2.09. The zero-order chi connectivity index (χ0) is 11.0. The molecule has 0 saturated heterocycles. The molecule has 0 unspecified atom stereocenters. The van der Waals surface area contributed by atoms with Crippen LogP contribution in [0.1, 0.15) is 11.1 Å². The van der Waals surface area contributed by atoms with Gasteiger partial charge in [-0.05, 0) is 28.0 Å². The molecule has 0 bridgehead atoms. The molecule has 1 heterocycles. The van der Waals surface area contributed by atoms with Gasteiger partial charge in [0.15, 0.2) is 0 Å². The maximum absolute atomic E-state index is 11.5. The second kappa shape index (κ2) is 3.49. The fourth-order valence-electron chi connectivity index (χ4n) is 2.14. The molecule has 2 aromatic rings. The summed E-state index contributed by atoms with van der Waals surface area (Å²) in [7, 11) is 0. The summed E-state index contributed by atoms with van der Waals surface area (Å²) in [5, 5.41) is 5.09. The summed E-state index contributed by atoms with van der Waals surface area (Å²) in [6.07, 6.45) is 4.11. The van der Waals surface area contributed by atoms with Crippen molar-refractivity contribution in [2.75, 3.05) is 0 Å². The molecule has 0 atom stereocenters. The first-order chi connectivity index (χ1) is 7.84. The standard InChI is InChI=1S/C14H11NO/c16-14-9-13-11(7-8-15-14)6-5-10-3-1-2-4-12(10)13/h1-8H,9H2,(H,15,16). The molecule has 0 spiro atoms. The highest BCUT2D eigenvalue weighted by atomic mass is 16.1. The van der Waals surface area contributed by atoms with Gasteiger partial charge in [-0.3, -0.25) is 4.79 Å². The lowest BCUT2D eigenvalue weighted by molar-refractivity contribution is -0.119. The molecule has 3 rings (SSSR count). The molecule has 2 heteroatoms. The van der Waals surface area contributed by atoms with Crippen molar-refractivity contribution in [2.45, 2.75) is 6.42 Å². The van der Waals surface area contributed by atoms with E-state index in [1.54, 1.807) is 6.20 Å². The molecule has 16 heavy (non-hydrogen) atoms. The molecule has 2 aromatic carbocycles. The Kier molecular flexibility index (Phi) is 2.00. The fraction of sp³-hybridized carbons (Fsp3) is 0.0714. The lowest BCUT2D eigenvalue weighted by atomic mass is 9.97. The van der Waals surface area contributed by atoms with E-state index in [-0.39, 0.29) is 5.91 Å². The first kappa shape index (κ1) is 9.16. The summed E-state index contributed by atoms with van der Waals surface area (Å²) in [6, 6.07) is 12.3. The predicted molar refractivity (Wildman–Crippen MR) is 64.8 cm³/mol. The largest absolute Gasteiger partial charge is 0.332 e. The number of fused-ring (bicyclic) bond motifs is 3. The number of hydrogen-bond acceptors (Lipinski definition) is 1. The van der Waals surface area contributed by atoms with Crippen molar-refractivity contribution >= 4 is 22.8 Å². The topological polar surface area (TPSA) is 29.1 Å². The zero-order valence-corrected chi connectivity index (χ0v) is 8.73. The van der Waals surface area contributed by atoms with Crippen LogP contribution in [0.4, 0.5) is 0 Å². The van der Waals surface area contributed by atoms with E-state index < -0.39 is 0 Å². The van der Waals surface area contributed by atoms with E-state index in [9.17, 15) is 4.79 Å². The number of nitrogens with one attached hydrogen (secondary N) is 1. The van der Waals surface area contributed by atoms with Crippen molar-refractivity contribution in [3.8, 4) is 0 Å². The zero-order valence-electron chi connectivity index (χ0n) is 8.73. The Balaban J connectivity index is 2.33. The second-order valence-corrected chi connectivity index (χ2v) is 3.93. The first-order valence-electron chi connectivity index (χ1n) is 5.31. The monoisotopic (exact) mass is 209 g/mol. The maximum atomic E-state index is 11.5. The molecule has 0 fully saturated rings. The van der Waals surface area contributed by atoms with Gasteiger partial charge in [-0.2, -0.15) is 0 Å². The molecule has 1 aliphatic heterocycles. The minimum absolute atomic E-state index is 0.0475. The second-order valence-electron chi connectivity index (χ2n) is 3.93. The number of carbonyl (C=O) groups excluding carboxylic acids is 1. The van der Waals surface area contributed by atoms with Crippen molar-refractivity contribution in [2.24, 2.45) is 0 Å². The Morgan fingerprint density at radius 1 is 1.06 bits per heavy atom. The molecule has 0 radical (unpaired) electrons. The third-order valence-corrected chi connectivity index (χ3v) is 2.92. The van der Waals surface area contributed by atoms with Crippen LogP contribution in [0.5, 0.6) is 0 Å². The quantitative estimate of drug-likeness (QED) is 0.709. The molecule has 1 N–H and O–H groups in total. The van der Waals surface area contributed by atoms with Gasteiger partial charge in [-0.25, -0.2) is 0 Å². The van der Waals surface area contributed by atoms with Gasteiger partial charge in [-0.15, -0.1) is 0 Å². The lowest BCUT2D eigenvalue weighted by Gasteiger charge is -2.07. The number of amides is 1. The fourth-order valence-corrected chi connectivity index (χ4v) is 2.14. The SMILES string of the molecule is O=C1Cc2c(ccc3ccccc23)C=CN1. The van der Waals surface area contributed by atoms with Crippen molar-refractivity contribution in [3.05, 3.63) is 53.7 Å². The average molecular weight is 209 g/mol. The molecule has 0 saturated carbocycles. The Bertz CT molecular complexity index is 599. The van der Waals surface area contributed by atoms with E-state index >= 15 is 0 Å². The summed E-state index contributed by atoms with van der Waals surface area (Å²) in [5.41, 5.74) is 2.24. The predicted octanol–water partition coefficient (Wildman–Crippen LogP) is 2.48. The van der Waals surface area contributed by atoms with E-state index in [0.717, 1.165) is 11.1 Å².